The van der Waals surface area contributed by atoms with E-state index in [4.69, 9.17) is 11.6 Å². The summed E-state index contributed by atoms with van der Waals surface area (Å²) in [5.41, 5.74) is 2.97. The number of hydrogen-bond acceptors (Lipinski definition) is 4. The van der Waals surface area contributed by atoms with Gasteiger partial charge in [-0.05, 0) is 61.5 Å². The average Bonchev–Trinajstić information content (AvgIpc) is 3.28. The molecular formula is C24H25ClN2O2S. The van der Waals surface area contributed by atoms with Crippen LogP contribution < -0.4 is 4.90 Å². The van der Waals surface area contributed by atoms with E-state index in [2.05, 4.69) is 24.0 Å². The fraction of sp³-hybridized carbons (Fsp3) is 0.292. The molecule has 1 aliphatic heterocycles. The Kier molecular flexibility index (Phi) is 6.42. The lowest BCUT2D eigenvalue weighted by atomic mass is 10.0. The first-order chi connectivity index (χ1) is 14.5. The van der Waals surface area contributed by atoms with Crippen LogP contribution in [0.3, 0.4) is 0 Å². The highest BCUT2D eigenvalue weighted by Gasteiger charge is 2.30. The number of aromatic hydroxyl groups is 1. The van der Waals surface area contributed by atoms with Gasteiger partial charge in [0.1, 0.15) is 5.75 Å². The number of hydrogen-bond donors (Lipinski definition) is 1. The Hall–Kier alpha value is -2.34. The van der Waals surface area contributed by atoms with Gasteiger partial charge in [-0.25, -0.2) is 0 Å². The number of aryl methyl sites for hydroxylation is 1. The van der Waals surface area contributed by atoms with Crippen LogP contribution in [-0.4, -0.2) is 35.0 Å². The third-order valence-electron chi connectivity index (χ3n) is 5.62. The molecule has 1 fully saturated rings. The molecule has 0 unspecified atom stereocenters. The van der Waals surface area contributed by atoms with Gasteiger partial charge >= 0.3 is 0 Å². The van der Waals surface area contributed by atoms with E-state index in [0.717, 1.165) is 42.1 Å². The Morgan fingerprint density at radius 1 is 1.17 bits per heavy atom. The Labute approximate surface area is 186 Å². The average molecular weight is 441 g/mol. The van der Waals surface area contributed by atoms with Gasteiger partial charge in [-0.1, -0.05) is 35.4 Å². The number of nitrogens with zero attached hydrogens (tertiary/aromatic N) is 2. The molecule has 0 saturated carbocycles. The van der Waals surface area contributed by atoms with Crippen LogP contribution in [0.1, 0.15) is 33.6 Å². The quantitative estimate of drug-likeness (QED) is 0.551. The molecule has 3 aromatic rings. The van der Waals surface area contributed by atoms with E-state index in [1.54, 1.807) is 12.1 Å². The van der Waals surface area contributed by atoms with E-state index in [9.17, 15) is 9.90 Å². The Bertz CT molecular complexity index is 997. The second-order valence-corrected chi connectivity index (χ2v) is 9.15. The molecule has 1 saturated heterocycles. The van der Waals surface area contributed by atoms with Crippen molar-refractivity contribution in [2.24, 2.45) is 0 Å². The summed E-state index contributed by atoms with van der Waals surface area (Å²) in [4.78, 5) is 18.4. The molecule has 2 heterocycles. The Morgan fingerprint density at radius 2 is 1.90 bits per heavy atom. The van der Waals surface area contributed by atoms with E-state index in [1.807, 2.05) is 40.6 Å². The molecular weight excluding hydrogens is 416 g/mol. The molecule has 6 heteroatoms. The number of rotatable bonds is 5. The van der Waals surface area contributed by atoms with Gasteiger partial charge < -0.3 is 10.0 Å². The van der Waals surface area contributed by atoms with Crippen molar-refractivity contribution in [2.75, 3.05) is 18.0 Å². The van der Waals surface area contributed by atoms with Crippen LogP contribution in [0.4, 0.5) is 5.69 Å². The summed E-state index contributed by atoms with van der Waals surface area (Å²) < 4.78 is 0. The minimum atomic E-state index is 0.0692. The highest BCUT2D eigenvalue weighted by molar-refractivity contribution is 7.12. The molecule has 1 aliphatic rings. The monoisotopic (exact) mass is 440 g/mol. The van der Waals surface area contributed by atoms with Crippen molar-refractivity contribution in [1.29, 1.82) is 0 Å². The SMILES string of the molecule is Cc1ccc(N(C(=O)c2cccs2)C2CCN(Cc3cc(Cl)ccc3O)CC2)cc1. The number of amides is 1. The summed E-state index contributed by atoms with van der Waals surface area (Å²) in [6.07, 6.45) is 1.76. The molecule has 1 amide bonds. The number of carbonyl (C=O) groups is 1. The number of phenols is 1. The normalized spacial score (nSPS) is 15.3. The highest BCUT2D eigenvalue weighted by Crippen LogP contribution is 2.29. The highest BCUT2D eigenvalue weighted by atomic mass is 35.5. The van der Waals surface area contributed by atoms with Gasteiger partial charge in [-0.2, -0.15) is 0 Å². The number of phenolic OH excluding ortho intramolecular Hbond substituents is 1. The Balaban J connectivity index is 1.49. The third-order valence-corrected chi connectivity index (χ3v) is 6.71. The third kappa shape index (κ3) is 4.69. The summed E-state index contributed by atoms with van der Waals surface area (Å²) in [5.74, 6) is 0.343. The van der Waals surface area contributed by atoms with E-state index in [0.29, 0.717) is 11.6 Å². The summed E-state index contributed by atoms with van der Waals surface area (Å²) in [7, 11) is 0. The van der Waals surface area contributed by atoms with Crippen LogP contribution in [0.5, 0.6) is 5.75 Å². The molecule has 1 aromatic heterocycles. The van der Waals surface area contributed by atoms with Gasteiger partial charge in [0.25, 0.3) is 5.91 Å². The zero-order valence-electron chi connectivity index (χ0n) is 16.9. The van der Waals surface area contributed by atoms with Crippen LogP contribution >= 0.6 is 22.9 Å². The van der Waals surface area contributed by atoms with E-state index < -0.39 is 0 Å². The van der Waals surface area contributed by atoms with Crippen molar-refractivity contribution < 1.29 is 9.90 Å². The van der Waals surface area contributed by atoms with Gasteiger partial charge in [0.2, 0.25) is 0 Å². The molecule has 0 bridgehead atoms. The minimum absolute atomic E-state index is 0.0692. The molecule has 156 valence electrons. The number of likely N-dealkylation sites (tertiary alicyclic amines) is 1. The van der Waals surface area contributed by atoms with Gasteiger partial charge in [0, 0.05) is 41.9 Å². The fourth-order valence-corrected chi connectivity index (χ4v) is 4.83. The summed E-state index contributed by atoms with van der Waals surface area (Å²) in [5, 5.41) is 12.7. The van der Waals surface area contributed by atoms with Crippen molar-refractivity contribution in [1.82, 2.24) is 4.90 Å². The number of thiophene rings is 1. The summed E-state index contributed by atoms with van der Waals surface area (Å²) in [6, 6.07) is 17.3. The number of halogens is 1. The molecule has 1 N–H and O–H groups in total. The number of benzene rings is 2. The van der Waals surface area contributed by atoms with Crippen molar-refractivity contribution >= 4 is 34.5 Å². The van der Waals surface area contributed by atoms with E-state index >= 15 is 0 Å². The first kappa shape index (κ1) is 20.9. The summed E-state index contributed by atoms with van der Waals surface area (Å²) in [6.45, 7) is 4.43. The zero-order chi connectivity index (χ0) is 21.1. The van der Waals surface area contributed by atoms with Gasteiger partial charge in [0.05, 0.1) is 4.88 Å². The molecule has 0 atom stereocenters. The van der Waals surface area contributed by atoms with Crippen molar-refractivity contribution in [3.05, 3.63) is 81.0 Å². The standard InChI is InChI=1S/C24H25ClN2O2S/c1-17-4-7-20(8-5-17)27(24(29)23-3-2-14-30-23)21-10-12-26(13-11-21)16-18-15-19(25)6-9-22(18)28/h2-9,14-15,21,28H,10-13,16H2,1H3. The van der Waals surface area contributed by atoms with Crippen molar-refractivity contribution in [3.63, 3.8) is 0 Å². The lowest BCUT2D eigenvalue weighted by molar-refractivity contribution is 0.0962. The second kappa shape index (κ2) is 9.21. The minimum Gasteiger partial charge on any atom is -0.508 e. The largest absolute Gasteiger partial charge is 0.508 e. The molecule has 30 heavy (non-hydrogen) atoms. The smallest absolute Gasteiger partial charge is 0.268 e. The molecule has 0 spiro atoms. The molecule has 4 rings (SSSR count). The van der Waals surface area contributed by atoms with Crippen molar-refractivity contribution in [2.45, 2.75) is 32.4 Å². The van der Waals surface area contributed by atoms with Gasteiger partial charge in [0.15, 0.2) is 0 Å². The van der Waals surface area contributed by atoms with Gasteiger partial charge in [-0.3, -0.25) is 9.69 Å². The van der Waals surface area contributed by atoms with E-state index in [-0.39, 0.29) is 17.7 Å². The van der Waals surface area contributed by atoms with Crippen LogP contribution in [0.25, 0.3) is 0 Å². The van der Waals surface area contributed by atoms with E-state index in [1.165, 1.54) is 16.9 Å². The summed E-state index contributed by atoms with van der Waals surface area (Å²) >= 11 is 7.57. The second-order valence-electron chi connectivity index (χ2n) is 7.77. The van der Waals surface area contributed by atoms with Crippen LogP contribution in [0, 0.1) is 6.92 Å². The number of carbonyl (C=O) groups excluding carboxylic acids is 1. The zero-order valence-corrected chi connectivity index (χ0v) is 18.5. The maximum atomic E-state index is 13.3. The molecule has 2 aromatic carbocycles. The lowest BCUT2D eigenvalue weighted by Crippen LogP contribution is -2.47. The maximum absolute atomic E-state index is 13.3. The maximum Gasteiger partial charge on any atom is 0.268 e. The van der Waals surface area contributed by atoms with Crippen LogP contribution in [0.2, 0.25) is 5.02 Å². The van der Waals surface area contributed by atoms with Crippen molar-refractivity contribution in [3.8, 4) is 5.75 Å². The van der Waals surface area contributed by atoms with Crippen LogP contribution in [0.15, 0.2) is 60.0 Å². The lowest BCUT2D eigenvalue weighted by Gasteiger charge is -2.38. The predicted octanol–water partition coefficient (Wildman–Crippen LogP) is 5.73. The number of piperidine rings is 1. The first-order valence-corrected chi connectivity index (χ1v) is 11.4. The molecule has 0 aliphatic carbocycles. The molecule has 0 radical (unpaired) electrons. The van der Waals surface area contributed by atoms with Gasteiger partial charge in [-0.15, -0.1) is 11.3 Å². The fourth-order valence-electron chi connectivity index (χ4n) is 3.98. The topological polar surface area (TPSA) is 43.8 Å². The Morgan fingerprint density at radius 3 is 2.57 bits per heavy atom. The number of anilines is 1. The predicted molar refractivity (Wildman–Crippen MR) is 124 cm³/mol. The van der Waals surface area contributed by atoms with Crippen LogP contribution in [-0.2, 0) is 6.54 Å². The first-order valence-electron chi connectivity index (χ1n) is 10.1. The molecule has 4 nitrogen and oxygen atoms in total.